The van der Waals surface area contributed by atoms with Gasteiger partial charge in [0.1, 0.15) is 0 Å². The number of rotatable bonds is 5. The molecule has 0 fully saturated rings. The van der Waals surface area contributed by atoms with E-state index >= 15 is 0 Å². The molecule has 0 saturated carbocycles. The van der Waals surface area contributed by atoms with Gasteiger partial charge in [-0.3, -0.25) is 4.79 Å². The van der Waals surface area contributed by atoms with Gasteiger partial charge in [-0.15, -0.1) is 0 Å². The van der Waals surface area contributed by atoms with E-state index in [9.17, 15) is 22.8 Å². The average molecular weight is 328 g/mol. The molecule has 1 aliphatic carbocycles. The minimum Gasteiger partial charge on any atom is -0.338 e. The Morgan fingerprint density at radius 3 is 2.83 bits per heavy atom. The Morgan fingerprint density at radius 1 is 1.39 bits per heavy atom. The molecule has 0 spiro atoms. The van der Waals surface area contributed by atoms with Crippen LogP contribution in [-0.2, 0) is 11.3 Å². The molecule has 124 valence electrons. The summed E-state index contributed by atoms with van der Waals surface area (Å²) in [6, 6.07) is -0.710. The molecule has 2 amide bonds. The number of aromatic nitrogens is 2. The number of carbonyl (C=O) groups excluding carboxylic acids is 2. The fourth-order valence-electron chi connectivity index (χ4n) is 1.96. The smallest absolute Gasteiger partial charge is 0.338 e. The standard InChI is InChI=1S/C14H15F3N4O2/c15-14(16,17)10-2-3-12(22)11(8-10)20-13(23)19-4-1-6-21-7-5-18-9-21/h2,5,7-9H,1,3-4,6H2,(H2,19,20,23). The number of hydrogen-bond donors (Lipinski definition) is 2. The summed E-state index contributed by atoms with van der Waals surface area (Å²) in [7, 11) is 0. The van der Waals surface area contributed by atoms with Crippen LogP contribution in [0.4, 0.5) is 18.0 Å². The molecule has 6 nitrogen and oxygen atoms in total. The van der Waals surface area contributed by atoms with Crippen molar-refractivity contribution in [3.8, 4) is 0 Å². The number of alkyl halides is 3. The van der Waals surface area contributed by atoms with Gasteiger partial charge in [0, 0.05) is 31.9 Å². The van der Waals surface area contributed by atoms with Gasteiger partial charge in [-0.25, -0.2) is 9.78 Å². The molecule has 0 aromatic carbocycles. The molecule has 1 aromatic rings. The quantitative estimate of drug-likeness (QED) is 0.811. The van der Waals surface area contributed by atoms with E-state index in [1.54, 1.807) is 18.7 Å². The van der Waals surface area contributed by atoms with Crippen LogP contribution in [0.2, 0.25) is 0 Å². The Labute approximate surface area is 130 Å². The normalized spacial score (nSPS) is 15.0. The fourth-order valence-corrected chi connectivity index (χ4v) is 1.96. The van der Waals surface area contributed by atoms with E-state index in [0.29, 0.717) is 25.6 Å². The Balaban J connectivity index is 1.80. The first kappa shape index (κ1) is 16.8. The molecule has 2 rings (SSSR count). The number of imidazole rings is 1. The van der Waals surface area contributed by atoms with E-state index in [2.05, 4.69) is 15.6 Å². The fraction of sp³-hybridized carbons (Fsp3) is 0.357. The lowest BCUT2D eigenvalue weighted by molar-refractivity contribution is -0.115. The third-order valence-corrected chi connectivity index (χ3v) is 3.12. The van der Waals surface area contributed by atoms with Gasteiger partial charge in [0.15, 0.2) is 5.78 Å². The predicted octanol–water partition coefficient (Wildman–Crippen LogP) is 1.92. The number of urea groups is 1. The maximum Gasteiger partial charge on any atom is 0.416 e. The molecule has 2 N–H and O–H groups in total. The SMILES string of the molecule is O=C(NCCCn1ccnc1)NC1=CC(C(F)(F)F)=CCC1=O. The summed E-state index contributed by atoms with van der Waals surface area (Å²) in [5.74, 6) is -0.563. The van der Waals surface area contributed by atoms with Crippen LogP contribution in [0.15, 0.2) is 42.1 Å². The van der Waals surface area contributed by atoms with Crippen LogP contribution in [0.1, 0.15) is 12.8 Å². The number of nitrogens with one attached hydrogen (secondary N) is 2. The van der Waals surface area contributed by atoms with Gasteiger partial charge >= 0.3 is 12.2 Å². The molecule has 0 atom stereocenters. The van der Waals surface area contributed by atoms with Crippen LogP contribution in [0.25, 0.3) is 0 Å². The molecule has 1 heterocycles. The average Bonchev–Trinajstić information content (AvgIpc) is 2.98. The van der Waals surface area contributed by atoms with E-state index in [1.165, 1.54) is 0 Å². The number of hydrogen-bond acceptors (Lipinski definition) is 3. The van der Waals surface area contributed by atoms with Gasteiger partial charge in [-0.2, -0.15) is 13.2 Å². The predicted molar refractivity (Wildman–Crippen MR) is 75.2 cm³/mol. The highest BCUT2D eigenvalue weighted by molar-refractivity contribution is 6.01. The molecule has 9 heteroatoms. The zero-order chi connectivity index (χ0) is 16.9. The Hall–Kier alpha value is -2.58. The van der Waals surface area contributed by atoms with Crippen molar-refractivity contribution in [2.45, 2.75) is 25.6 Å². The van der Waals surface area contributed by atoms with Gasteiger partial charge in [-0.1, -0.05) is 6.08 Å². The summed E-state index contributed by atoms with van der Waals surface area (Å²) < 4.78 is 39.6. The molecule has 1 aliphatic rings. The molecule has 0 aliphatic heterocycles. The molecular formula is C14H15F3N4O2. The maximum absolute atomic E-state index is 12.6. The van der Waals surface area contributed by atoms with Crippen LogP contribution in [0.5, 0.6) is 0 Å². The van der Waals surface area contributed by atoms with Crippen molar-refractivity contribution in [1.29, 1.82) is 0 Å². The second-order valence-corrected chi connectivity index (χ2v) is 4.88. The van der Waals surface area contributed by atoms with Crippen molar-refractivity contribution >= 4 is 11.8 Å². The summed E-state index contributed by atoms with van der Waals surface area (Å²) >= 11 is 0. The van der Waals surface area contributed by atoms with Gasteiger partial charge in [-0.05, 0) is 12.5 Å². The molecule has 1 aromatic heterocycles. The summed E-state index contributed by atoms with van der Waals surface area (Å²) in [5, 5.41) is 4.65. The lowest BCUT2D eigenvalue weighted by atomic mass is 10.0. The summed E-state index contributed by atoms with van der Waals surface area (Å²) in [4.78, 5) is 27.1. The number of allylic oxidation sites excluding steroid dienone is 4. The van der Waals surface area contributed by atoms with Crippen LogP contribution < -0.4 is 10.6 Å². The lowest BCUT2D eigenvalue weighted by Gasteiger charge is -2.16. The summed E-state index contributed by atoms with van der Waals surface area (Å²) in [6.45, 7) is 0.955. The number of aryl methyl sites for hydroxylation is 1. The number of Topliss-reactive ketones (excluding diaryl/α,β-unsaturated/α-hetero) is 1. The number of halogens is 3. The topological polar surface area (TPSA) is 76.0 Å². The molecule has 0 unspecified atom stereocenters. The maximum atomic E-state index is 12.6. The molecule has 0 saturated heterocycles. The van der Waals surface area contributed by atoms with Crippen molar-refractivity contribution in [1.82, 2.24) is 20.2 Å². The van der Waals surface area contributed by atoms with Crippen LogP contribution in [-0.4, -0.2) is 34.1 Å². The molecule has 0 bridgehead atoms. The van der Waals surface area contributed by atoms with Crippen LogP contribution >= 0.6 is 0 Å². The van der Waals surface area contributed by atoms with Crippen molar-refractivity contribution < 1.29 is 22.8 Å². The second-order valence-electron chi connectivity index (χ2n) is 4.88. The van der Waals surface area contributed by atoms with Crippen molar-refractivity contribution in [3.63, 3.8) is 0 Å². The lowest BCUT2D eigenvalue weighted by Crippen LogP contribution is -2.38. The van der Waals surface area contributed by atoms with Crippen LogP contribution in [0.3, 0.4) is 0 Å². The van der Waals surface area contributed by atoms with E-state index in [4.69, 9.17) is 0 Å². The zero-order valence-electron chi connectivity index (χ0n) is 12.1. The van der Waals surface area contributed by atoms with Crippen molar-refractivity contribution in [2.24, 2.45) is 0 Å². The minimum absolute atomic E-state index is 0.313. The zero-order valence-corrected chi connectivity index (χ0v) is 12.1. The summed E-state index contributed by atoms with van der Waals surface area (Å²) in [5.41, 5.74) is -1.29. The molecular weight excluding hydrogens is 313 g/mol. The van der Waals surface area contributed by atoms with E-state index in [1.807, 2.05) is 4.57 Å². The first-order valence-electron chi connectivity index (χ1n) is 6.89. The Morgan fingerprint density at radius 2 is 2.17 bits per heavy atom. The number of nitrogens with zero attached hydrogens (tertiary/aromatic N) is 2. The number of carbonyl (C=O) groups is 2. The first-order valence-corrected chi connectivity index (χ1v) is 6.89. The largest absolute Gasteiger partial charge is 0.416 e. The third-order valence-electron chi connectivity index (χ3n) is 3.12. The van der Waals surface area contributed by atoms with Gasteiger partial charge in [0.25, 0.3) is 0 Å². The molecule has 23 heavy (non-hydrogen) atoms. The Bertz CT molecular complexity index is 633. The van der Waals surface area contributed by atoms with Gasteiger partial charge in [0.2, 0.25) is 0 Å². The first-order chi connectivity index (χ1) is 10.9. The van der Waals surface area contributed by atoms with Crippen molar-refractivity contribution in [3.05, 3.63) is 42.1 Å². The number of amides is 2. The highest BCUT2D eigenvalue weighted by Crippen LogP contribution is 2.29. The van der Waals surface area contributed by atoms with Gasteiger partial charge in [0.05, 0.1) is 17.6 Å². The van der Waals surface area contributed by atoms with E-state index in [0.717, 1.165) is 6.08 Å². The molecule has 0 radical (unpaired) electrons. The van der Waals surface area contributed by atoms with Gasteiger partial charge < -0.3 is 15.2 Å². The third kappa shape index (κ3) is 4.97. The highest BCUT2D eigenvalue weighted by atomic mass is 19.4. The number of ketones is 1. The summed E-state index contributed by atoms with van der Waals surface area (Å²) in [6.07, 6.45) is 2.18. The monoisotopic (exact) mass is 328 g/mol. The van der Waals surface area contributed by atoms with Crippen molar-refractivity contribution in [2.75, 3.05) is 6.54 Å². The second kappa shape index (κ2) is 7.12. The van der Waals surface area contributed by atoms with Crippen LogP contribution in [0, 0.1) is 0 Å². The highest BCUT2D eigenvalue weighted by Gasteiger charge is 2.34. The van der Waals surface area contributed by atoms with E-state index in [-0.39, 0.29) is 12.1 Å². The Kier molecular flexibility index (Phi) is 5.20. The minimum atomic E-state index is -4.55. The van der Waals surface area contributed by atoms with E-state index < -0.39 is 23.6 Å².